The molecule has 0 atom stereocenters. The van der Waals surface area contributed by atoms with E-state index in [1.807, 2.05) is 0 Å². The van der Waals surface area contributed by atoms with Crippen molar-refractivity contribution < 1.29 is 18.7 Å². The molecule has 0 radical (unpaired) electrons. The summed E-state index contributed by atoms with van der Waals surface area (Å²) in [6.07, 6.45) is -1.02. The molecule has 0 aromatic carbocycles. The highest BCUT2D eigenvalue weighted by atomic mass is 19.3. The molecule has 0 amide bonds. The van der Waals surface area contributed by atoms with Crippen molar-refractivity contribution >= 4 is 11.7 Å². The van der Waals surface area contributed by atoms with Crippen molar-refractivity contribution in [1.82, 2.24) is 9.78 Å². The number of nitrogens with two attached hydrogens (primary N) is 1. The van der Waals surface area contributed by atoms with Crippen LogP contribution in [0.1, 0.15) is 23.3 Å². The lowest BCUT2D eigenvalue weighted by Gasteiger charge is -1.99. The van der Waals surface area contributed by atoms with E-state index >= 15 is 0 Å². The second-order valence-corrected chi connectivity index (χ2v) is 3.03. The molecule has 7 heteroatoms. The first-order chi connectivity index (χ1) is 7.00. The molecule has 1 heterocycles. The van der Waals surface area contributed by atoms with Crippen LogP contribution in [0.3, 0.4) is 0 Å². The molecular weight excluding hydrogens is 208 g/mol. The van der Waals surface area contributed by atoms with E-state index in [4.69, 9.17) is 10.8 Å². The summed E-state index contributed by atoms with van der Waals surface area (Å²) >= 11 is 0. The van der Waals surface area contributed by atoms with Gasteiger partial charge in [0.2, 0.25) is 6.43 Å². The van der Waals surface area contributed by atoms with Gasteiger partial charge in [-0.3, -0.25) is 4.68 Å². The van der Waals surface area contributed by atoms with Gasteiger partial charge in [0.1, 0.15) is 0 Å². The van der Waals surface area contributed by atoms with Gasteiger partial charge in [0.15, 0.2) is 5.69 Å². The van der Waals surface area contributed by atoms with Gasteiger partial charge < -0.3 is 10.8 Å². The molecule has 84 valence electrons. The maximum Gasteiger partial charge on any atom is 0.358 e. The Labute approximate surface area is 84.5 Å². The van der Waals surface area contributed by atoms with Crippen LogP contribution in [0.5, 0.6) is 0 Å². The predicted molar refractivity (Wildman–Crippen MR) is 48.8 cm³/mol. The monoisotopic (exact) mass is 219 g/mol. The van der Waals surface area contributed by atoms with Crippen molar-refractivity contribution in [2.24, 2.45) is 0 Å². The van der Waals surface area contributed by atoms with Gasteiger partial charge in [-0.2, -0.15) is 5.10 Å². The number of nitrogen functional groups attached to an aromatic ring is 1. The van der Waals surface area contributed by atoms with Gasteiger partial charge in [0.25, 0.3) is 0 Å². The molecule has 0 saturated carbocycles. The quantitative estimate of drug-likeness (QED) is 0.779. The molecule has 3 N–H and O–H groups in total. The molecular formula is C8H11F2N3O2. The average molecular weight is 219 g/mol. The number of aromatic nitrogens is 2. The Morgan fingerprint density at radius 2 is 2.33 bits per heavy atom. The van der Waals surface area contributed by atoms with Gasteiger partial charge in [0, 0.05) is 19.2 Å². The lowest BCUT2D eigenvalue weighted by molar-refractivity contribution is 0.0690. The van der Waals surface area contributed by atoms with E-state index in [1.165, 1.54) is 10.9 Å². The Morgan fingerprint density at radius 3 is 2.80 bits per heavy atom. The highest BCUT2D eigenvalue weighted by molar-refractivity contribution is 5.91. The molecule has 0 aliphatic heterocycles. The number of aryl methyl sites for hydroxylation is 1. The average Bonchev–Trinajstić information content (AvgIpc) is 2.46. The number of rotatable bonds is 5. The van der Waals surface area contributed by atoms with E-state index in [1.54, 1.807) is 0 Å². The molecule has 5 nitrogen and oxygen atoms in total. The zero-order valence-corrected chi connectivity index (χ0v) is 7.86. The number of anilines is 1. The number of carboxylic acids is 1. The molecule has 1 rings (SSSR count). The minimum atomic E-state index is -2.35. The number of halogens is 2. The van der Waals surface area contributed by atoms with Crippen molar-refractivity contribution in [2.45, 2.75) is 25.8 Å². The van der Waals surface area contributed by atoms with Crippen LogP contribution in [0.2, 0.25) is 0 Å². The number of nitrogens with zero attached hydrogens (tertiary/aromatic N) is 2. The molecule has 0 spiro atoms. The third-order valence-electron chi connectivity index (χ3n) is 1.80. The molecule has 15 heavy (non-hydrogen) atoms. The Morgan fingerprint density at radius 1 is 1.67 bits per heavy atom. The summed E-state index contributed by atoms with van der Waals surface area (Å²) in [6.45, 7) is 0.238. The second-order valence-electron chi connectivity index (χ2n) is 3.03. The van der Waals surface area contributed by atoms with E-state index < -0.39 is 12.4 Å². The first kappa shape index (κ1) is 11.4. The van der Waals surface area contributed by atoms with E-state index in [0.717, 1.165) is 0 Å². The highest BCUT2D eigenvalue weighted by Crippen LogP contribution is 2.10. The lowest BCUT2D eigenvalue weighted by Crippen LogP contribution is -2.04. The number of carbonyl (C=O) groups is 1. The van der Waals surface area contributed by atoms with Crippen molar-refractivity contribution in [3.63, 3.8) is 0 Å². The Kier molecular flexibility index (Phi) is 3.59. The number of carboxylic acid groups (broad SMARTS) is 1. The van der Waals surface area contributed by atoms with E-state index in [2.05, 4.69) is 5.10 Å². The molecule has 0 saturated heterocycles. The van der Waals surface area contributed by atoms with Crippen LogP contribution in [-0.4, -0.2) is 27.3 Å². The maximum absolute atomic E-state index is 11.8. The zero-order valence-electron chi connectivity index (χ0n) is 7.86. The molecule has 1 aromatic heterocycles. The molecule has 0 aliphatic carbocycles. The Bertz CT molecular complexity index is 352. The third kappa shape index (κ3) is 3.19. The van der Waals surface area contributed by atoms with Gasteiger partial charge >= 0.3 is 5.97 Å². The minimum Gasteiger partial charge on any atom is -0.476 e. The van der Waals surface area contributed by atoms with Crippen LogP contribution < -0.4 is 5.73 Å². The normalized spacial score (nSPS) is 10.9. The van der Waals surface area contributed by atoms with Crippen molar-refractivity contribution in [3.05, 3.63) is 11.9 Å². The van der Waals surface area contributed by atoms with Crippen LogP contribution in [0, 0.1) is 0 Å². The topological polar surface area (TPSA) is 81.1 Å². The molecule has 0 bridgehead atoms. The van der Waals surface area contributed by atoms with Crippen LogP contribution in [0.25, 0.3) is 0 Å². The summed E-state index contributed by atoms with van der Waals surface area (Å²) < 4.78 is 24.9. The number of hydrogen-bond donors (Lipinski definition) is 2. The SMILES string of the molecule is Nc1cn(CCCC(F)F)nc1C(=O)O. The fraction of sp³-hybridized carbons (Fsp3) is 0.500. The summed E-state index contributed by atoms with van der Waals surface area (Å²) in [5.74, 6) is -1.22. The summed E-state index contributed by atoms with van der Waals surface area (Å²) in [5, 5.41) is 12.3. The molecule has 1 aromatic rings. The number of aromatic carboxylic acids is 1. The van der Waals surface area contributed by atoms with Crippen LogP contribution in [-0.2, 0) is 6.54 Å². The fourth-order valence-electron chi connectivity index (χ4n) is 1.13. The maximum atomic E-state index is 11.8. The van der Waals surface area contributed by atoms with Crippen LogP contribution in [0.4, 0.5) is 14.5 Å². The number of alkyl halides is 2. The predicted octanol–water partition coefficient (Wildman–Crippen LogP) is 1.21. The van der Waals surface area contributed by atoms with Gasteiger partial charge in [-0.05, 0) is 6.42 Å². The highest BCUT2D eigenvalue weighted by Gasteiger charge is 2.13. The lowest BCUT2D eigenvalue weighted by atomic mass is 10.3. The van der Waals surface area contributed by atoms with Crippen molar-refractivity contribution in [3.8, 4) is 0 Å². The molecule has 0 aliphatic rings. The zero-order chi connectivity index (χ0) is 11.4. The summed E-state index contributed by atoms with van der Waals surface area (Å²) in [5.41, 5.74) is 5.16. The standard InChI is InChI=1S/C8H11F2N3O2/c9-6(10)2-1-3-13-4-5(11)7(12-13)8(14)15/h4,6H,1-3,11H2,(H,14,15). The van der Waals surface area contributed by atoms with Gasteiger partial charge in [-0.1, -0.05) is 0 Å². The van der Waals surface area contributed by atoms with E-state index in [9.17, 15) is 13.6 Å². The fourth-order valence-corrected chi connectivity index (χ4v) is 1.13. The van der Waals surface area contributed by atoms with Crippen molar-refractivity contribution in [2.75, 3.05) is 5.73 Å². The van der Waals surface area contributed by atoms with E-state index in [0.29, 0.717) is 0 Å². The Balaban J connectivity index is 2.56. The summed E-state index contributed by atoms with van der Waals surface area (Å²) in [6, 6.07) is 0. The van der Waals surface area contributed by atoms with Crippen LogP contribution >= 0.6 is 0 Å². The first-order valence-corrected chi connectivity index (χ1v) is 4.35. The van der Waals surface area contributed by atoms with Crippen molar-refractivity contribution in [1.29, 1.82) is 0 Å². The van der Waals surface area contributed by atoms with Gasteiger partial charge in [-0.15, -0.1) is 0 Å². The van der Waals surface area contributed by atoms with E-state index in [-0.39, 0.29) is 30.8 Å². The smallest absolute Gasteiger partial charge is 0.358 e. The molecule has 0 fully saturated rings. The minimum absolute atomic E-state index is 0.0412. The third-order valence-corrected chi connectivity index (χ3v) is 1.80. The summed E-state index contributed by atoms with van der Waals surface area (Å²) in [7, 11) is 0. The molecule has 0 unspecified atom stereocenters. The Hall–Kier alpha value is -1.66. The first-order valence-electron chi connectivity index (χ1n) is 4.35. The van der Waals surface area contributed by atoms with Gasteiger partial charge in [0.05, 0.1) is 5.69 Å². The second kappa shape index (κ2) is 4.72. The largest absolute Gasteiger partial charge is 0.476 e. The summed E-state index contributed by atoms with van der Waals surface area (Å²) in [4.78, 5) is 10.5. The van der Waals surface area contributed by atoms with Gasteiger partial charge in [-0.25, -0.2) is 13.6 Å². The van der Waals surface area contributed by atoms with Crippen LogP contribution in [0.15, 0.2) is 6.20 Å². The number of hydrogen-bond acceptors (Lipinski definition) is 3.